The third kappa shape index (κ3) is 4.40. The quantitative estimate of drug-likeness (QED) is 0.889. The van der Waals surface area contributed by atoms with Crippen LogP contribution in [0.5, 0.6) is 0 Å². The van der Waals surface area contributed by atoms with E-state index in [1.54, 1.807) is 12.1 Å². The maximum absolute atomic E-state index is 13.0. The molecule has 0 aliphatic carbocycles. The number of piperidine rings is 1. The van der Waals surface area contributed by atoms with Crippen molar-refractivity contribution in [1.29, 1.82) is 0 Å². The predicted molar refractivity (Wildman–Crippen MR) is 90.5 cm³/mol. The summed E-state index contributed by atoms with van der Waals surface area (Å²) >= 11 is 0. The molecule has 1 aliphatic rings. The Bertz CT molecular complexity index is 599. The summed E-state index contributed by atoms with van der Waals surface area (Å²) in [6.45, 7) is 2.01. The van der Waals surface area contributed by atoms with Gasteiger partial charge in [-0.3, -0.25) is 4.90 Å². The van der Waals surface area contributed by atoms with Crippen molar-refractivity contribution in [2.45, 2.75) is 44.4 Å². The predicted octanol–water partition coefficient (Wildman–Crippen LogP) is 4.30. The zero-order valence-electron chi connectivity index (χ0n) is 13.4. The summed E-state index contributed by atoms with van der Waals surface area (Å²) in [4.78, 5) is 2.48. The molecule has 0 bridgehead atoms. The molecule has 3 rings (SSSR count). The molecule has 0 amide bonds. The van der Waals surface area contributed by atoms with E-state index in [1.807, 2.05) is 6.07 Å². The summed E-state index contributed by atoms with van der Waals surface area (Å²) in [7, 11) is 0. The lowest BCUT2D eigenvalue weighted by Gasteiger charge is -2.37. The van der Waals surface area contributed by atoms with E-state index in [0.717, 1.165) is 25.1 Å². The highest BCUT2D eigenvalue weighted by atomic mass is 19.1. The number of benzene rings is 2. The van der Waals surface area contributed by atoms with E-state index in [9.17, 15) is 9.50 Å². The molecule has 1 fully saturated rings. The molecule has 0 saturated carbocycles. The molecule has 1 saturated heterocycles. The molecular formula is C20H24FNO. The molecule has 0 aromatic heterocycles. The normalized spacial score (nSPS) is 20.3. The van der Waals surface area contributed by atoms with E-state index in [4.69, 9.17) is 0 Å². The van der Waals surface area contributed by atoms with Crippen molar-refractivity contribution >= 4 is 0 Å². The van der Waals surface area contributed by atoms with Gasteiger partial charge in [0.25, 0.3) is 0 Å². The van der Waals surface area contributed by atoms with Crippen molar-refractivity contribution in [3.63, 3.8) is 0 Å². The molecule has 0 radical (unpaired) electrons. The molecule has 0 spiro atoms. The number of halogens is 1. The molecule has 2 atom stereocenters. The molecule has 1 heterocycles. The van der Waals surface area contributed by atoms with Gasteiger partial charge in [-0.25, -0.2) is 4.39 Å². The lowest BCUT2D eigenvalue weighted by atomic mass is 9.93. The summed E-state index contributed by atoms with van der Waals surface area (Å²) in [6.07, 6.45) is 3.73. The number of rotatable bonds is 5. The summed E-state index contributed by atoms with van der Waals surface area (Å²) in [5.41, 5.74) is 2.12. The van der Waals surface area contributed by atoms with Gasteiger partial charge in [-0.15, -0.1) is 0 Å². The first kappa shape index (κ1) is 16.2. The van der Waals surface area contributed by atoms with Crippen molar-refractivity contribution in [2.24, 2.45) is 0 Å². The van der Waals surface area contributed by atoms with Gasteiger partial charge >= 0.3 is 0 Å². The van der Waals surface area contributed by atoms with Crippen LogP contribution in [0.1, 0.15) is 42.9 Å². The molecule has 2 aromatic carbocycles. The highest BCUT2D eigenvalue weighted by molar-refractivity contribution is 5.19. The Morgan fingerprint density at radius 1 is 1.04 bits per heavy atom. The van der Waals surface area contributed by atoms with Crippen molar-refractivity contribution in [3.8, 4) is 0 Å². The van der Waals surface area contributed by atoms with E-state index in [0.29, 0.717) is 12.5 Å². The second kappa shape index (κ2) is 7.71. The van der Waals surface area contributed by atoms with Crippen molar-refractivity contribution in [3.05, 3.63) is 71.5 Å². The van der Waals surface area contributed by atoms with Crippen molar-refractivity contribution in [2.75, 3.05) is 6.54 Å². The fourth-order valence-electron chi connectivity index (χ4n) is 3.43. The molecule has 1 N–H and O–H groups in total. The number of hydrogen-bond donors (Lipinski definition) is 1. The summed E-state index contributed by atoms with van der Waals surface area (Å²) < 4.78 is 13.0. The van der Waals surface area contributed by atoms with Crippen LogP contribution < -0.4 is 0 Å². The van der Waals surface area contributed by atoms with Crippen molar-refractivity contribution in [1.82, 2.24) is 4.90 Å². The Labute approximate surface area is 137 Å². The van der Waals surface area contributed by atoms with E-state index in [2.05, 4.69) is 29.2 Å². The van der Waals surface area contributed by atoms with Gasteiger partial charge in [-0.05, 0) is 49.1 Å². The van der Waals surface area contributed by atoms with E-state index in [-0.39, 0.29) is 5.82 Å². The Morgan fingerprint density at radius 2 is 1.78 bits per heavy atom. The largest absolute Gasteiger partial charge is 0.388 e. The molecule has 0 unspecified atom stereocenters. The van der Waals surface area contributed by atoms with Crippen LogP contribution in [0.3, 0.4) is 0 Å². The van der Waals surface area contributed by atoms with E-state index < -0.39 is 6.10 Å². The standard InChI is InChI=1S/C20H24FNO/c21-18-11-9-17(10-12-18)20(23)14-19-8-4-5-13-22(19)15-16-6-2-1-3-7-16/h1-3,6-7,9-12,19-20,23H,4-5,8,13-15H2/t19-,20+/m0/s1. The fourth-order valence-corrected chi connectivity index (χ4v) is 3.43. The average Bonchev–Trinajstić information content (AvgIpc) is 2.58. The molecule has 3 heteroatoms. The molecular weight excluding hydrogens is 289 g/mol. The summed E-state index contributed by atoms with van der Waals surface area (Å²) in [5.74, 6) is -0.260. The lowest BCUT2D eigenvalue weighted by molar-refractivity contribution is 0.0736. The van der Waals surface area contributed by atoms with Gasteiger partial charge in [0, 0.05) is 12.6 Å². The van der Waals surface area contributed by atoms with Crippen LogP contribution in [0.2, 0.25) is 0 Å². The molecule has 1 aliphatic heterocycles. The van der Waals surface area contributed by atoms with Crippen LogP contribution in [0.4, 0.5) is 4.39 Å². The second-order valence-corrected chi connectivity index (χ2v) is 6.41. The van der Waals surface area contributed by atoms with Gasteiger partial charge in [-0.2, -0.15) is 0 Å². The average molecular weight is 313 g/mol. The smallest absolute Gasteiger partial charge is 0.123 e. The topological polar surface area (TPSA) is 23.5 Å². The minimum Gasteiger partial charge on any atom is -0.388 e. The van der Waals surface area contributed by atoms with E-state index >= 15 is 0 Å². The number of likely N-dealkylation sites (tertiary alicyclic amines) is 1. The second-order valence-electron chi connectivity index (χ2n) is 6.41. The third-order valence-electron chi connectivity index (χ3n) is 4.73. The highest BCUT2D eigenvalue weighted by Gasteiger charge is 2.25. The maximum Gasteiger partial charge on any atom is 0.123 e. The van der Waals surface area contributed by atoms with Gasteiger partial charge in [-0.1, -0.05) is 48.9 Å². The highest BCUT2D eigenvalue weighted by Crippen LogP contribution is 2.28. The van der Waals surface area contributed by atoms with Crippen LogP contribution in [0.25, 0.3) is 0 Å². The third-order valence-corrected chi connectivity index (χ3v) is 4.73. The first-order chi connectivity index (χ1) is 11.2. The minimum atomic E-state index is -0.531. The molecule has 2 nitrogen and oxygen atoms in total. The number of aliphatic hydroxyl groups excluding tert-OH is 1. The Hall–Kier alpha value is -1.71. The van der Waals surface area contributed by atoms with Gasteiger partial charge in [0.2, 0.25) is 0 Å². The SMILES string of the molecule is O[C@H](C[C@@H]1CCCCN1Cc1ccccc1)c1ccc(F)cc1. The summed E-state index contributed by atoms with van der Waals surface area (Å²) in [5, 5.41) is 10.5. The number of hydrogen-bond acceptors (Lipinski definition) is 2. The Morgan fingerprint density at radius 3 is 2.52 bits per heavy atom. The minimum absolute atomic E-state index is 0.260. The van der Waals surface area contributed by atoms with Crippen LogP contribution in [-0.4, -0.2) is 22.6 Å². The molecule has 122 valence electrons. The van der Waals surface area contributed by atoms with Crippen LogP contribution >= 0.6 is 0 Å². The lowest BCUT2D eigenvalue weighted by Crippen LogP contribution is -2.39. The van der Waals surface area contributed by atoms with Gasteiger partial charge in [0.05, 0.1) is 6.10 Å². The first-order valence-electron chi connectivity index (χ1n) is 8.44. The maximum atomic E-state index is 13.0. The van der Waals surface area contributed by atoms with Gasteiger partial charge in [0.1, 0.15) is 5.82 Å². The fraction of sp³-hybridized carbons (Fsp3) is 0.400. The first-order valence-corrected chi connectivity index (χ1v) is 8.44. The van der Waals surface area contributed by atoms with Crippen LogP contribution in [0, 0.1) is 5.82 Å². The Balaban J connectivity index is 1.65. The monoisotopic (exact) mass is 313 g/mol. The number of nitrogens with zero attached hydrogens (tertiary/aromatic N) is 1. The van der Waals surface area contributed by atoms with Gasteiger partial charge < -0.3 is 5.11 Å². The number of aliphatic hydroxyl groups is 1. The van der Waals surface area contributed by atoms with Gasteiger partial charge in [0.15, 0.2) is 0 Å². The zero-order chi connectivity index (χ0) is 16.1. The van der Waals surface area contributed by atoms with Crippen LogP contribution in [-0.2, 0) is 6.54 Å². The zero-order valence-corrected chi connectivity index (χ0v) is 13.4. The summed E-state index contributed by atoms with van der Waals surface area (Å²) in [6, 6.07) is 17.1. The molecule has 23 heavy (non-hydrogen) atoms. The van der Waals surface area contributed by atoms with Crippen molar-refractivity contribution < 1.29 is 9.50 Å². The van der Waals surface area contributed by atoms with E-state index in [1.165, 1.54) is 30.5 Å². The molecule has 2 aromatic rings. The van der Waals surface area contributed by atoms with Crippen LogP contribution in [0.15, 0.2) is 54.6 Å². The Kier molecular flexibility index (Phi) is 5.42.